The lowest BCUT2D eigenvalue weighted by atomic mass is 9.96. The van der Waals surface area contributed by atoms with E-state index in [9.17, 15) is 4.79 Å². The highest BCUT2D eigenvalue weighted by Gasteiger charge is 2.28. The van der Waals surface area contributed by atoms with Crippen LogP contribution in [0.2, 0.25) is 0 Å². The minimum Gasteiger partial charge on any atom is -0.356 e. The SMILES string of the molecule is COC(OC)C1CCN(C(=O)n2ccnc2)CC1. The zero-order chi connectivity index (χ0) is 13.0. The third kappa shape index (κ3) is 2.70. The maximum Gasteiger partial charge on any atom is 0.329 e. The van der Waals surface area contributed by atoms with Crippen molar-refractivity contribution in [2.45, 2.75) is 19.1 Å². The van der Waals surface area contributed by atoms with E-state index in [2.05, 4.69) is 4.98 Å². The van der Waals surface area contributed by atoms with Gasteiger partial charge in [0.2, 0.25) is 0 Å². The number of methoxy groups -OCH3 is 2. The number of hydrogen-bond donors (Lipinski definition) is 0. The fourth-order valence-corrected chi connectivity index (χ4v) is 2.38. The molecule has 1 fully saturated rings. The first-order valence-corrected chi connectivity index (χ1v) is 6.09. The van der Waals surface area contributed by atoms with Crippen LogP contribution in [0.15, 0.2) is 18.7 Å². The summed E-state index contributed by atoms with van der Waals surface area (Å²) in [5.74, 6) is 0.354. The summed E-state index contributed by atoms with van der Waals surface area (Å²) in [6, 6.07) is -0.0164. The van der Waals surface area contributed by atoms with Gasteiger partial charge in [0.05, 0.1) is 0 Å². The summed E-state index contributed by atoms with van der Waals surface area (Å²) < 4.78 is 12.0. The minimum absolute atomic E-state index is 0.0164. The monoisotopic (exact) mass is 253 g/mol. The molecule has 2 heterocycles. The lowest BCUT2D eigenvalue weighted by Crippen LogP contribution is -2.43. The van der Waals surface area contributed by atoms with Gasteiger partial charge in [-0.05, 0) is 12.8 Å². The van der Waals surface area contributed by atoms with Crippen LogP contribution in [0.1, 0.15) is 12.8 Å². The van der Waals surface area contributed by atoms with Gasteiger partial charge in [-0.1, -0.05) is 0 Å². The summed E-state index contributed by atoms with van der Waals surface area (Å²) in [7, 11) is 3.30. The molecule has 18 heavy (non-hydrogen) atoms. The normalized spacial score (nSPS) is 17.4. The number of piperidine rings is 1. The molecule has 0 aromatic carbocycles. The first kappa shape index (κ1) is 13.0. The van der Waals surface area contributed by atoms with Crippen LogP contribution in [-0.2, 0) is 9.47 Å². The van der Waals surface area contributed by atoms with Crippen LogP contribution in [0.4, 0.5) is 4.79 Å². The smallest absolute Gasteiger partial charge is 0.329 e. The molecule has 1 aromatic rings. The zero-order valence-corrected chi connectivity index (χ0v) is 10.8. The summed E-state index contributed by atoms with van der Waals surface area (Å²) in [6.45, 7) is 1.45. The van der Waals surface area contributed by atoms with Crippen molar-refractivity contribution in [3.63, 3.8) is 0 Å². The van der Waals surface area contributed by atoms with Gasteiger partial charge >= 0.3 is 6.03 Å². The number of rotatable bonds is 3. The van der Waals surface area contributed by atoms with Crippen molar-refractivity contribution >= 4 is 6.03 Å². The highest BCUT2D eigenvalue weighted by Crippen LogP contribution is 2.23. The second kappa shape index (κ2) is 5.97. The first-order chi connectivity index (χ1) is 8.76. The van der Waals surface area contributed by atoms with Crippen molar-refractivity contribution < 1.29 is 14.3 Å². The van der Waals surface area contributed by atoms with E-state index in [-0.39, 0.29) is 12.3 Å². The van der Waals surface area contributed by atoms with Crippen molar-refractivity contribution in [2.24, 2.45) is 5.92 Å². The van der Waals surface area contributed by atoms with Gasteiger partial charge in [0.25, 0.3) is 0 Å². The Balaban J connectivity index is 1.89. The number of amides is 1. The van der Waals surface area contributed by atoms with Crippen LogP contribution in [0.5, 0.6) is 0 Å². The van der Waals surface area contributed by atoms with Crippen molar-refractivity contribution in [2.75, 3.05) is 27.3 Å². The summed E-state index contributed by atoms with van der Waals surface area (Å²) in [6.07, 6.45) is 6.43. The summed E-state index contributed by atoms with van der Waals surface area (Å²) in [5.41, 5.74) is 0. The Hall–Kier alpha value is -1.40. The molecule has 1 aliphatic rings. The second-order valence-electron chi connectivity index (χ2n) is 4.42. The van der Waals surface area contributed by atoms with Gasteiger partial charge in [0.15, 0.2) is 6.29 Å². The van der Waals surface area contributed by atoms with E-state index in [1.165, 1.54) is 10.9 Å². The molecule has 1 amide bonds. The van der Waals surface area contributed by atoms with Crippen LogP contribution in [0, 0.1) is 5.92 Å². The van der Waals surface area contributed by atoms with Crippen LogP contribution >= 0.6 is 0 Å². The molecule has 100 valence electrons. The molecule has 6 heteroatoms. The molecule has 1 aliphatic heterocycles. The van der Waals surface area contributed by atoms with Gasteiger partial charge in [0, 0.05) is 45.6 Å². The lowest BCUT2D eigenvalue weighted by molar-refractivity contribution is -0.145. The molecule has 2 rings (SSSR count). The number of nitrogens with zero attached hydrogens (tertiary/aromatic N) is 3. The van der Waals surface area contributed by atoms with Gasteiger partial charge in [-0.3, -0.25) is 4.57 Å². The van der Waals surface area contributed by atoms with Crippen LogP contribution in [0.3, 0.4) is 0 Å². The Morgan fingerprint density at radius 2 is 2.00 bits per heavy atom. The fourth-order valence-electron chi connectivity index (χ4n) is 2.38. The zero-order valence-electron chi connectivity index (χ0n) is 10.8. The Morgan fingerprint density at radius 1 is 1.33 bits per heavy atom. The first-order valence-electron chi connectivity index (χ1n) is 6.09. The second-order valence-corrected chi connectivity index (χ2v) is 4.42. The van der Waals surface area contributed by atoms with Crippen LogP contribution in [-0.4, -0.2) is 54.1 Å². The van der Waals surface area contributed by atoms with Gasteiger partial charge in [0.1, 0.15) is 6.33 Å². The van der Waals surface area contributed by atoms with Crippen molar-refractivity contribution in [1.82, 2.24) is 14.5 Å². The van der Waals surface area contributed by atoms with Crippen molar-refractivity contribution in [3.05, 3.63) is 18.7 Å². The highest BCUT2D eigenvalue weighted by atomic mass is 16.7. The van der Waals surface area contributed by atoms with E-state index in [1.54, 1.807) is 26.6 Å². The van der Waals surface area contributed by atoms with Gasteiger partial charge in [-0.2, -0.15) is 0 Å². The van der Waals surface area contributed by atoms with Gasteiger partial charge < -0.3 is 14.4 Å². The van der Waals surface area contributed by atoms with E-state index < -0.39 is 0 Å². The van der Waals surface area contributed by atoms with Crippen molar-refractivity contribution in [1.29, 1.82) is 0 Å². The average Bonchev–Trinajstić information content (AvgIpc) is 2.94. The van der Waals surface area contributed by atoms with Gasteiger partial charge in [-0.15, -0.1) is 0 Å². The predicted octanol–water partition coefficient (Wildman–Crippen LogP) is 1.18. The number of likely N-dealkylation sites (tertiary alicyclic amines) is 1. The molecule has 0 saturated carbocycles. The lowest BCUT2D eigenvalue weighted by Gasteiger charge is -2.34. The van der Waals surface area contributed by atoms with E-state index in [0.717, 1.165) is 25.9 Å². The van der Waals surface area contributed by atoms with E-state index >= 15 is 0 Å². The molecule has 6 nitrogen and oxygen atoms in total. The number of imidazole rings is 1. The van der Waals surface area contributed by atoms with Crippen molar-refractivity contribution in [3.8, 4) is 0 Å². The Kier molecular flexibility index (Phi) is 4.33. The molecule has 0 radical (unpaired) electrons. The molecule has 0 bridgehead atoms. The number of hydrogen-bond acceptors (Lipinski definition) is 4. The average molecular weight is 253 g/mol. The summed E-state index contributed by atoms with van der Waals surface area (Å²) in [5, 5.41) is 0. The summed E-state index contributed by atoms with van der Waals surface area (Å²) in [4.78, 5) is 17.8. The Morgan fingerprint density at radius 3 is 2.50 bits per heavy atom. The third-order valence-corrected chi connectivity index (χ3v) is 3.38. The quantitative estimate of drug-likeness (QED) is 0.759. The third-order valence-electron chi connectivity index (χ3n) is 3.38. The molecule has 0 N–H and O–H groups in total. The summed E-state index contributed by atoms with van der Waals surface area (Å²) >= 11 is 0. The van der Waals surface area contributed by atoms with E-state index in [1.807, 2.05) is 4.90 Å². The van der Waals surface area contributed by atoms with Crippen LogP contribution < -0.4 is 0 Å². The largest absolute Gasteiger partial charge is 0.356 e. The topological polar surface area (TPSA) is 56.6 Å². The number of carbonyl (C=O) groups excluding carboxylic acids is 1. The predicted molar refractivity (Wildman–Crippen MR) is 65.1 cm³/mol. The molecule has 0 unspecified atom stereocenters. The number of ether oxygens (including phenoxy) is 2. The molecule has 0 spiro atoms. The molecular weight excluding hydrogens is 234 g/mol. The van der Waals surface area contributed by atoms with E-state index in [4.69, 9.17) is 9.47 Å². The number of carbonyl (C=O) groups is 1. The Bertz CT molecular complexity index is 368. The Labute approximate surface area is 106 Å². The van der Waals surface area contributed by atoms with Crippen LogP contribution in [0.25, 0.3) is 0 Å². The molecular formula is C12H19N3O3. The molecule has 0 atom stereocenters. The molecule has 1 aromatic heterocycles. The fraction of sp³-hybridized carbons (Fsp3) is 0.667. The van der Waals surface area contributed by atoms with Gasteiger partial charge in [-0.25, -0.2) is 9.78 Å². The number of aromatic nitrogens is 2. The molecule has 1 saturated heterocycles. The minimum atomic E-state index is -0.171. The maximum atomic E-state index is 12.1. The maximum absolute atomic E-state index is 12.1. The molecule has 0 aliphatic carbocycles. The van der Waals surface area contributed by atoms with E-state index in [0.29, 0.717) is 5.92 Å². The highest BCUT2D eigenvalue weighted by molar-refractivity contribution is 5.76. The standard InChI is InChI=1S/C12H19N3O3/c1-17-11(18-2)10-3-6-14(7-4-10)12(16)15-8-5-13-9-15/h5,8-11H,3-4,6-7H2,1-2H3.